The molecule has 0 radical (unpaired) electrons. The summed E-state index contributed by atoms with van der Waals surface area (Å²) in [5.41, 5.74) is 1.07. The zero-order chi connectivity index (χ0) is 19.8. The molecule has 146 valence electrons. The van der Waals surface area contributed by atoms with Crippen LogP contribution in [0.5, 0.6) is 23.0 Å². The van der Waals surface area contributed by atoms with E-state index in [0.29, 0.717) is 22.8 Å². The van der Waals surface area contributed by atoms with Gasteiger partial charge in [-0.1, -0.05) is 12.2 Å². The molecule has 0 spiro atoms. The van der Waals surface area contributed by atoms with Crippen molar-refractivity contribution in [2.75, 3.05) is 27.4 Å². The highest BCUT2D eigenvalue weighted by Gasteiger charge is 2.24. The molecule has 0 saturated heterocycles. The molecule has 0 saturated carbocycles. The van der Waals surface area contributed by atoms with E-state index in [1.54, 1.807) is 36.4 Å². The first kappa shape index (κ1) is 20.6. The van der Waals surface area contributed by atoms with Crippen LogP contribution in [-0.2, 0) is 0 Å². The molecule has 2 aromatic carbocycles. The molecule has 0 aliphatic rings. The summed E-state index contributed by atoms with van der Waals surface area (Å²) in [6.45, 7) is -0.567. The number of phenolic OH excluding ortho intramolecular Hbond substituents is 1. The van der Waals surface area contributed by atoms with Crippen LogP contribution in [0, 0.1) is 0 Å². The number of aliphatic hydroxyl groups excluding tert-OH is 3. The van der Waals surface area contributed by atoms with Crippen LogP contribution in [0.2, 0.25) is 0 Å². The van der Waals surface area contributed by atoms with Crippen molar-refractivity contribution in [1.29, 1.82) is 0 Å². The van der Waals surface area contributed by atoms with Crippen LogP contribution in [0.4, 0.5) is 0 Å². The van der Waals surface area contributed by atoms with Crippen LogP contribution < -0.4 is 14.2 Å². The Bertz CT molecular complexity index is 773. The van der Waals surface area contributed by atoms with E-state index in [0.717, 1.165) is 5.56 Å². The monoisotopic (exact) mass is 376 g/mol. The second-order valence-electron chi connectivity index (χ2n) is 5.77. The van der Waals surface area contributed by atoms with Crippen molar-refractivity contribution in [1.82, 2.24) is 0 Å². The molecule has 0 aromatic heterocycles. The summed E-state index contributed by atoms with van der Waals surface area (Å²) >= 11 is 0. The molecule has 0 unspecified atom stereocenters. The van der Waals surface area contributed by atoms with E-state index in [1.165, 1.54) is 26.4 Å². The van der Waals surface area contributed by atoms with Crippen molar-refractivity contribution in [2.24, 2.45) is 0 Å². The molecule has 27 heavy (non-hydrogen) atoms. The Morgan fingerprint density at radius 3 is 2.22 bits per heavy atom. The van der Waals surface area contributed by atoms with Gasteiger partial charge in [-0.25, -0.2) is 0 Å². The SMILES string of the molecule is COc1cc(/C=C/CO)cc(O[C@@H](CO)[C@@H](O)c2cc(O)cc(OC)c2)c1. The minimum atomic E-state index is -1.21. The summed E-state index contributed by atoms with van der Waals surface area (Å²) in [4.78, 5) is 0. The molecule has 0 fully saturated rings. The van der Waals surface area contributed by atoms with Gasteiger partial charge >= 0.3 is 0 Å². The van der Waals surface area contributed by atoms with Gasteiger partial charge in [0.05, 0.1) is 27.4 Å². The maximum atomic E-state index is 10.6. The lowest BCUT2D eigenvalue weighted by Crippen LogP contribution is -2.29. The van der Waals surface area contributed by atoms with Gasteiger partial charge in [-0.15, -0.1) is 0 Å². The Kier molecular flexibility index (Phi) is 7.48. The van der Waals surface area contributed by atoms with Crippen molar-refractivity contribution in [3.63, 3.8) is 0 Å². The Balaban J connectivity index is 2.28. The van der Waals surface area contributed by atoms with Crippen molar-refractivity contribution in [2.45, 2.75) is 12.2 Å². The first-order valence-corrected chi connectivity index (χ1v) is 8.30. The second kappa shape index (κ2) is 9.82. The second-order valence-corrected chi connectivity index (χ2v) is 5.77. The summed E-state index contributed by atoms with van der Waals surface area (Å²) in [7, 11) is 2.96. The van der Waals surface area contributed by atoms with E-state index in [4.69, 9.17) is 19.3 Å². The first-order chi connectivity index (χ1) is 13.0. The van der Waals surface area contributed by atoms with Gasteiger partial charge in [-0.05, 0) is 35.4 Å². The lowest BCUT2D eigenvalue weighted by Gasteiger charge is -2.23. The zero-order valence-electron chi connectivity index (χ0n) is 15.2. The molecule has 0 amide bonds. The van der Waals surface area contributed by atoms with E-state index in [-0.39, 0.29) is 12.4 Å². The van der Waals surface area contributed by atoms with Crippen LogP contribution in [0.25, 0.3) is 6.08 Å². The van der Waals surface area contributed by atoms with Gasteiger partial charge in [0.1, 0.15) is 29.1 Å². The molecule has 2 aromatic rings. The van der Waals surface area contributed by atoms with Crippen molar-refractivity contribution >= 4 is 6.08 Å². The lowest BCUT2D eigenvalue weighted by molar-refractivity contribution is 0.000494. The third-order valence-corrected chi connectivity index (χ3v) is 3.86. The highest BCUT2D eigenvalue weighted by molar-refractivity contribution is 5.55. The quantitative estimate of drug-likeness (QED) is 0.529. The van der Waals surface area contributed by atoms with E-state index in [1.807, 2.05) is 0 Å². The molecule has 7 nitrogen and oxygen atoms in total. The standard InChI is InChI=1S/C20H24O7/c1-25-16-6-13(4-3-5-21)7-18(11-16)27-19(12-22)20(24)14-8-15(23)10-17(9-14)26-2/h3-4,6-11,19-24H,5,12H2,1-2H3/b4-3+/t19-,20-/m0/s1. The van der Waals surface area contributed by atoms with Crippen LogP contribution >= 0.6 is 0 Å². The number of hydrogen-bond donors (Lipinski definition) is 4. The third-order valence-electron chi connectivity index (χ3n) is 3.86. The number of aliphatic hydroxyl groups is 3. The highest BCUT2D eigenvalue weighted by atomic mass is 16.5. The van der Waals surface area contributed by atoms with Gasteiger partial charge in [0, 0.05) is 12.1 Å². The molecule has 0 bridgehead atoms. The minimum Gasteiger partial charge on any atom is -0.508 e. The predicted molar refractivity (Wildman–Crippen MR) is 100 cm³/mol. The first-order valence-electron chi connectivity index (χ1n) is 8.30. The molecular weight excluding hydrogens is 352 g/mol. The van der Waals surface area contributed by atoms with Crippen LogP contribution in [0.3, 0.4) is 0 Å². The van der Waals surface area contributed by atoms with Crippen LogP contribution in [-0.4, -0.2) is 54.0 Å². The molecule has 0 heterocycles. The number of benzene rings is 2. The average Bonchev–Trinajstić information content (AvgIpc) is 2.69. The van der Waals surface area contributed by atoms with Gasteiger partial charge in [0.25, 0.3) is 0 Å². The largest absolute Gasteiger partial charge is 0.508 e. The van der Waals surface area contributed by atoms with E-state index >= 15 is 0 Å². The lowest BCUT2D eigenvalue weighted by atomic mass is 10.0. The normalized spacial score (nSPS) is 13.4. The Hall–Kier alpha value is -2.74. The number of aromatic hydroxyl groups is 1. The fourth-order valence-corrected chi connectivity index (χ4v) is 2.55. The summed E-state index contributed by atoms with van der Waals surface area (Å²) in [5, 5.41) is 39.0. The number of methoxy groups -OCH3 is 2. The molecule has 0 aliphatic carbocycles. The summed E-state index contributed by atoms with van der Waals surface area (Å²) < 4.78 is 16.1. The topological polar surface area (TPSA) is 109 Å². The van der Waals surface area contributed by atoms with E-state index < -0.39 is 18.8 Å². The van der Waals surface area contributed by atoms with Gasteiger partial charge in [-0.2, -0.15) is 0 Å². The maximum absolute atomic E-state index is 10.6. The minimum absolute atomic E-state index is 0.0714. The molecular formula is C20H24O7. The van der Waals surface area contributed by atoms with Gasteiger partial charge in [-0.3, -0.25) is 0 Å². The van der Waals surface area contributed by atoms with Crippen LogP contribution in [0.1, 0.15) is 17.2 Å². The molecule has 7 heteroatoms. The summed E-state index contributed by atoms with van der Waals surface area (Å²) in [6, 6.07) is 9.40. The fraction of sp³-hybridized carbons (Fsp3) is 0.300. The highest BCUT2D eigenvalue weighted by Crippen LogP contribution is 2.30. The Morgan fingerprint density at radius 2 is 1.59 bits per heavy atom. The number of hydrogen-bond acceptors (Lipinski definition) is 7. The van der Waals surface area contributed by atoms with E-state index in [2.05, 4.69) is 0 Å². The van der Waals surface area contributed by atoms with Crippen LogP contribution in [0.15, 0.2) is 42.5 Å². The number of rotatable bonds is 9. The number of phenols is 1. The molecule has 0 aliphatic heterocycles. The summed E-state index contributed by atoms with van der Waals surface area (Å²) in [6.07, 6.45) is 1.06. The van der Waals surface area contributed by atoms with Crippen molar-refractivity contribution in [3.8, 4) is 23.0 Å². The van der Waals surface area contributed by atoms with E-state index in [9.17, 15) is 15.3 Å². The fourth-order valence-electron chi connectivity index (χ4n) is 2.55. The summed E-state index contributed by atoms with van der Waals surface area (Å²) in [5.74, 6) is 1.20. The predicted octanol–water partition coefficient (Wildman–Crippen LogP) is 1.89. The molecule has 2 atom stereocenters. The smallest absolute Gasteiger partial charge is 0.152 e. The average molecular weight is 376 g/mol. The van der Waals surface area contributed by atoms with Crippen molar-refractivity contribution in [3.05, 3.63) is 53.6 Å². The molecule has 4 N–H and O–H groups in total. The third kappa shape index (κ3) is 5.62. The Labute approximate surface area is 157 Å². The zero-order valence-corrected chi connectivity index (χ0v) is 15.2. The van der Waals surface area contributed by atoms with Crippen molar-refractivity contribution < 1.29 is 34.6 Å². The Morgan fingerprint density at radius 1 is 0.926 bits per heavy atom. The van der Waals surface area contributed by atoms with Gasteiger partial charge in [0.15, 0.2) is 6.10 Å². The van der Waals surface area contributed by atoms with Gasteiger partial charge in [0.2, 0.25) is 0 Å². The molecule has 2 rings (SSSR count). The van der Waals surface area contributed by atoms with Gasteiger partial charge < -0.3 is 34.6 Å². The number of ether oxygens (including phenoxy) is 3. The maximum Gasteiger partial charge on any atom is 0.152 e.